The van der Waals surface area contributed by atoms with Crippen LogP contribution in [0, 0.1) is 0 Å². The van der Waals surface area contributed by atoms with Crippen LogP contribution < -0.4 is 16.2 Å². The maximum atomic E-state index is 13.2. The molecular weight excluding hydrogens is 323 g/mol. The van der Waals surface area contributed by atoms with Crippen LogP contribution in [-0.2, 0) is 6.18 Å². The second kappa shape index (κ2) is 5.55. The standard InChI is InChI=1S/C16H12F3N3O2/c1-24-12-8-9(16(17,18)19)7-11-13(12)14(20)21-15(23)22(11)10-5-3-2-4-6-10/h2-8H,1H3,(H2,20,21,23). The van der Waals surface area contributed by atoms with E-state index in [9.17, 15) is 18.0 Å². The summed E-state index contributed by atoms with van der Waals surface area (Å²) in [6, 6.07) is 9.92. The minimum atomic E-state index is -4.60. The topological polar surface area (TPSA) is 70.1 Å². The molecule has 0 atom stereocenters. The number of fused-ring (bicyclic) bond motifs is 1. The maximum Gasteiger partial charge on any atom is 0.416 e. The molecule has 0 fully saturated rings. The van der Waals surface area contributed by atoms with E-state index in [1.54, 1.807) is 30.3 Å². The van der Waals surface area contributed by atoms with Crippen LogP contribution in [0.1, 0.15) is 5.56 Å². The number of alkyl halides is 3. The number of ether oxygens (including phenoxy) is 1. The van der Waals surface area contributed by atoms with Crippen molar-refractivity contribution in [3.8, 4) is 11.4 Å². The Bertz CT molecular complexity index is 966. The lowest BCUT2D eigenvalue weighted by Crippen LogP contribution is -2.23. The highest BCUT2D eigenvalue weighted by Crippen LogP contribution is 2.37. The summed E-state index contributed by atoms with van der Waals surface area (Å²) in [6.45, 7) is 0. The van der Waals surface area contributed by atoms with E-state index in [0.29, 0.717) is 5.69 Å². The predicted molar refractivity (Wildman–Crippen MR) is 83.3 cm³/mol. The van der Waals surface area contributed by atoms with Gasteiger partial charge in [0.15, 0.2) is 0 Å². The van der Waals surface area contributed by atoms with Gasteiger partial charge in [-0.1, -0.05) is 18.2 Å². The maximum absolute atomic E-state index is 13.2. The Hall–Kier alpha value is -3.03. The van der Waals surface area contributed by atoms with Gasteiger partial charge in [-0.05, 0) is 24.3 Å². The molecule has 8 heteroatoms. The fourth-order valence-electron chi connectivity index (χ4n) is 2.50. The molecule has 0 bridgehead atoms. The number of para-hydroxylation sites is 1. The van der Waals surface area contributed by atoms with Gasteiger partial charge in [0.1, 0.15) is 11.6 Å². The molecule has 0 spiro atoms. The highest BCUT2D eigenvalue weighted by Gasteiger charge is 2.32. The highest BCUT2D eigenvalue weighted by molar-refractivity contribution is 5.95. The molecule has 1 aromatic heterocycles. The van der Waals surface area contributed by atoms with Crippen molar-refractivity contribution >= 4 is 16.7 Å². The largest absolute Gasteiger partial charge is 0.496 e. The summed E-state index contributed by atoms with van der Waals surface area (Å²) in [5.74, 6) is -0.290. The normalized spacial score (nSPS) is 11.7. The summed E-state index contributed by atoms with van der Waals surface area (Å²) in [5.41, 5.74) is 4.39. The third-order valence-electron chi connectivity index (χ3n) is 3.55. The number of methoxy groups -OCH3 is 1. The smallest absolute Gasteiger partial charge is 0.416 e. The number of halogens is 3. The molecule has 0 saturated heterocycles. The predicted octanol–water partition coefficient (Wildman–Crippen LogP) is 3.00. The van der Waals surface area contributed by atoms with Gasteiger partial charge in [-0.2, -0.15) is 18.2 Å². The summed E-state index contributed by atoms with van der Waals surface area (Å²) >= 11 is 0. The number of hydrogen-bond acceptors (Lipinski definition) is 4. The Morgan fingerprint density at radius 2 is 1.83 bits per heavy atom. The summed E-state index contributed by atoms with van der Waals surface area (Å²) in [7, 11) is 1.23. The van der Waals surface area contributed by atoms with Gasteiger partial charge in [-0.25, -0.2) is 4.79 Å². The van der Waals surface area contributed by atoms with Crippen LogP contribution in [0.5, 0.6) is 5.75 Å². The molecule has 3 rings (SSSR count). The van der Waals surface area contributed by atoms with E-state index in [-0.39, 0.29) is 22.5 Å². The first kappa shape index (κ1) is 15.9. The number of aromatic nitrogens is 2. The van der Waals surface area contributed by atoms with E-state index in [1.807, 2.05) is 0 Å². The Labute approximate surface area is 134 Å². The molecule has 0 saturated carbocycles. The summed E-state index contributed by atoms with van der Waals surface area (Å²) in [4.78, 5) is 16.0. The van der Waals surface area contributed by atoms with Crippen molar-refractivity contribution in [2.45, 2.75) is 6.18 Å². The average molecular weight is 335 g/mol. The Kier molecular flexibility index (Phi) is 3.67. The number of nitrogens with two attached hydrogens (primary N) is 1. The molecule has 0 aliphatic carbocycles. The quantitative estimate of drug-likeness (QED) is 0.782. The minimum Gasteiger partial charge on any atom is -0.496 e. The number of rotatable bonds is 2. The van der Waals surface area contributed by atoms with Gasteiger partial charge < -0.3 is 10.5 Å². The van der Waals surface area contributed by atoms with E-state index in [4.69, 9.17) is 10.5 Å². The third kappa shape index (κ3) is 2.55. The highest BCUT2D eigenvalue weighted by atomic mass is 19.4. The first-order valence-corrected chi connectivity index (χ1v) is 6.86. The Balaban J connectivity index is 2.51. The summed E-state index contributed by atoms with van der Waals surface area (Å²) in [5, 5.41) is 0.147. The molecule has 0 amide bonds. The Morgan fingerprint density at radius 3 is 2.42 bits per heavy atom. The lowest BCUT2D eigenvalue weighted by atomic mass is 10.1. The molecule has 2 aromatic carbocycles. The number of benzene rings is 2. The molecule has 124 valence electrons. The number of nitrogen functional groups attached to an aromatic ring is 1. The van der Waals surface area contributed by atoms with Crippen molar-refractivity contribution in [2.75, 3.05) is 12.8 Å². The van der Waals surface area contributed by atoms with E-state index >= 15 is 0 Å². The van der Waals surface area contributed by atoms with Gasteiger partial charge in [0.25, 0.3) is 0 Å². The lowest BCUT2D eigenvalue weighted by molar-refractivity contribution is -0.137. The zero-order chi connectivity index (χ0) is 17.5. The van der Waals surface area contributed by atoms with E-state index in [2.05, 4.69) is 4.98 Å². The van der Waals surface area contributed by atoms with Crippen molar-refractivity contribution < 1.29 is 17.9 Å². The van der Waals surface area contributed by atoms with E-state index in [0.717, 1.165) is 16.7 Å². The van der Waals surface area contributed by atoms with Crippen LogP contribution in [0.15, 0.2) is 47.3 Å². The molecule has 0 aliphatic rings. The molecule has 1 heterocycles. The fraction of sp³-hybridized carbons (Fsp3) is 0.125. The van der Waals surface area contributed by atoms with Gasteiger partial charge in [-0.3, -0.25) is 4.57 Å². The van der Waals surface area contributed by atoms with E-state index in [1.165, 1.54) is 7.11 Å². The van der Waals surface area contributed by atoms with Crippen molar-refractivity contribution in [3.05, 3.63) is 58.5 Å². The molecule has 5 nitrogen and oxygen atoms in total. The van der Waals surface area contributed by atoms with Crippen molar-refractivity contribution in [1.82, 2.24) is 9.55 Å². The van der Waals surface area contributed by atoms with Crippen molar-refractivity contribution in [3.63, 3.8) is 0 Å². The van der Waals surface area contributed by atoms with Crippen molar-refractivity contribution in [1.29, 1.82) is 0 Å². The van der Waals surface area contributed by atoms with Crippen LogP contribution in [-0.4, -0.2) is 16.7 Å². The SMILES string of the molecule is COc1cc(C(F)(F)F)cc2c1c(N)nc(=O)n2-c1ccccc1. The molecule has 0 unspecified atom stereocenters. The third-order valence-corrected chi connectivity index (χ3v) is 3.55. The first-order chi connectivity index (χ1) is 11.3. The number of nitrogens with zero attached hydrogens (tertiary/aromatic N) is 2. The van der Waals surface area contributed by atoms with Gasteiger partial charge in [0.2, 0.25) is 0 Å². The monoisotopic (exact) mass is 335 g/mol. The molecular formula is C16H12F3N3O2. The number of anilines is 1. The van der Waals surface area contributed by atoms with Gasteiger partial charge in [0, 0.05) is 0 Å². The second-order valence-electron chi connectivity index (χ2n) is 5.02. The zero-order valence-corrected chi connectivity index (χ0v) is 12.5. The van der Waals surface area contributed by atoms with Crippen molar-refractivity contribution in [2.24, 2.45) is 0 Å². The van der Waals surface area contributed by atoms with Gasteiger partial charge in [0.05, 0.1) is 29.3 Å². The molecule has 0 aliphatic heterocycles. The van der Waals surface area contributed by atoms with Crippen LogP contribution in [0.3, 0.4) is 0 Å². The van der Waals surface area contributed by atoms with E-state index < -0.39 is 17.4 Å². The average Bonchev–Trinajstić information content (AvgIpc) is 2.53. The first-order valence-electron chi connectivity index (χ1n) is 6.86. The molecule has 2 N–H and O–H groups in total. The summed E-state index contributed by atoms with van der Waals surface area (Å²) in [6.07, 6.45) is -4.60. The Morgan fingerprint density at radius 1 is 1.17 bits per heavy atom. The zero-order valence-electron chi connectivity index (χ0n) is 12.5. The fourth-order valence-corrected chi connectivity index (χ4v) is 2.50. The second-order valence-corrected chi connectivity index (χ2v) is 5.02. The van der Waals surface area contributed by atoms with Crippen LogP contribution >= 0.6 is 0 Å². The molecule has 3 aromatic rings. The minimum absolute atomic E-state index is 0.0228. The molecule has 0 radical (unpaired) electrons. The van der Waals surface area contributed by atoms with Crippen LogP contribution in [0.25, 0.3) is 16.6 Å². The van der Waals surface area contributed by atoms with Gasteiger partial charge in [-0.15, -0.1) is 0 Å². The lowest BCUT2D eigenvalue weighted by Gasteiger charge is -2.16. The summed E-state index contributed by atoms with van der Waals surface area (Å²) < 4.78 is 45.6. The number of hydrogen-bond donors (Lipinski definition) is 1. The van der Waals surface area contributed by atoms with Crippen LogP contribution in [0.4, 0.5) is 19.0 Å². The molecule has 24 heavy (non-hydrogen) atoms. The van der Waals surface area contributed by atoms with Crippen LogP contribution in [0.2, 0.25) is 0 Å². The van der Waals surface area contributed by atoms with Gasteiger partial charge >= 0.3 is 11.9 Å².